The number of rotatable bonds is 2. The van der Waals surface area contributed by atoms with Crippen LogP contribution in [0.2, 0.25) is 0 Å². The zero-order chi connectivity index (χ0) is 16.7. The topological polar surface area (TPSA) is 55.8 Å². The number of benzene rings is 2. The molecular weight excluding hydrogens is 324 g/mol. The van der Waals surface area contributed by atoms with Crippen LogP contribution in [-0.2, 0) is 4.74 Å². The number of ether oxygens (including phenoxy) is 2. The number of carbonyl (C=O) groups excluding carboxylic acids is 1. The van der Waals surface area contributed by atoms with Crippen LogP contribution in [-0.4, -0.2) is 17.7 Å². The molecule has 0 fully saturated rings. The van der Waals surface area contributed by atoms with Crippen molar-refractivity contribution in [3.63, 3.8) is 0 Å². The molecule has 1 N–H and O–H groups in total. The summed E-state index contributed by atoms with van der Waals surface area (Å²) in [6.07, 6.45) is 0. The van der Waals surface area contributed by atoms with Crippen LogP contribution in [0.1, 0.15) is 16.6 Å². The van der Waals surface area contributed by atoms with Crippen LogP contribution in [0.5, 0.6) is 17.2 Å². The molecule has 0 aliphatic carbocycles. The van der Waals surface area contributed by atoms with E-state index in [2.05, 4.69) is 0 Å². The molecule has 0 unspecified atom stereocenters. The van der Waals surface area contributed by atoms with Crippen molar-refractivity contribution in [3.05, 3.63) is 53.4 Å². The fourth-order valence-corrected chi connectivity index (χ4v) is 3.86. The van der Waals surface area contributed by atoms with Crippen molar-refractivity contribution in [2.24, 2.45) is 0 Å². The molecule has 120 valence electrons. The standard InChI is InChI=1S/C19H14O4S/c1-2-22-19(21)17-10-13-12-5-3-4-6-15(12)23-16-8-7-11(20)9-14(16)18(13)24-17/h3-10,20H,2H2,1H3. The first kappa shape index (κ1) is 14.8. The summed E-state index contributed by atoms with van der Waals surface area (Å²) >= 11 is 1.35. The number of fused-ring (bicyclic) bond motifs is 5. The SMILES string of the molecule is CCOC(=O)c1cc2c(s1)-c1cc(O)ccc1Oc1ccccc1-2. The highest BCUT2D eigenvalue weighted by atomic mass is 32.1. The lowest BCUT2D eigenvalue weighted by Crippen LogP contribution is -2.01. The Hall–Kier alpha value is -2.79. The maximum atomic E-state index is 12.1. The predicted molar refractivity (Wildman–Crippen MR) is 92.9 cm³/mol. The molecule has 4 rings (SSSR count). The van der Waals surface area contributed by atoms with Gasteiger partial charge in [-0.15, -0.1) is 11.3 Å². The Morgan fingerprint density at radius 3 is 2.71 bits per heavy atom. The van der Waals surface area contributed by atoms with Gasteiger partial charge in [0.25, 0.3) is 0 Å². The molecule has 0 amide bonds. The fraction of sp³-hybridized carbons (Fsp3) is 0.105. The summed E-state index contributed by atoms with van der Waals surface area (Å²) < 4.78 is 11.2. The summed E-state index contributed by atoms with van der Waals surface area (Å²) in [6.45, 7) is 2.12. The first-order valence-corrected chi connectivity index (χ1v) is 8.40. The van der Waals surface area contributed by atoms with Gasteiger partial charge < -0.3 is 14.6 Å². The molecule has 1 aliphatic heterocycles. The van der Waals surface area contributed by atoms with Crippen molar-refractivity contribution in [3.8, 4) is 38.8 Å². The Labute approximate surface area is 142 Å². The Kier molecular flexibility index (Phi) is 3.50. The third-order valence-corrected chi connectivity index (χ3v) is 4.96. The van der Waals surface area contributed by atoms with Gasteiger partial charge in [-0.25, -0.2) is 4.79 Å². The second-order valence-corrected chi connectivity index (χ2v) is 6.40. The van der Waals surface area contributed by atoms with Crippen LogP contribution in [0, 0.1) is 0 Å². The molecule has 0 atom stereocenters. The minimum atomic E-state index is -0.337. The zero-order valence-corrected chi connectivity index (χ0v) is 13.7. The number of carbonyl (C=O) groups is 1. The Morgan fingerprint density at radius 2 is 1.88 bits per heavy atom. The van der Waals surface area contributed by atoms with E-state index in [-0.39, 0.29) is 11.7 Å². The molecule has 2 aromatic carbocycles. The summed E-state index contributed by atoms with van der Waals surface area (Å²) in [5, 5.41) is 9.88. The van der Waals surface area contributed by atoms with Crippen molar-refractivity contribution in [1.29, 1.82) is 0 Å². The van der Waals surface area contributed by atoms with Gasteiger partial charge in [-0.3, -0.25) is 0 Å². The minimum Gasteiger partial charge on any atom is -0.508 e. The maximum Gasteiger partial charge on any atom is 0.348 e. The quantitative estimate of drug-likeness (QED) is 0.518. The van der Waals surface area contributed by atoms with E-state index in [1.54, 1.807) is 25.1 Å². The average molecular weight is 338 g/mol. The summed E-state index contributed by atoms with van der Waals surface area (Å²) in [5.41, 5.74) is 2.58. The first-order chi connectivity index (χ1) is 11.7. The second-order valence-electron chi connectivity index (χ2n) is 5.35. The summed E-state index contributed by atoms with van der Waals surface area (Å²) in [6, 6.07) is 14.5. The van der Waals surface area contributed by atoms with Gasteiger partial charge in [-0.1, -0.05) is 18.2 Å². The van der Waals surface area contributed by atoms with Crippen LogP contribution in [0.15, 0.2) is 48.5 Å². The van der Waals surface area contributed by atoms with E-state index in [0.29, 0.717) is 17.2 Å². The van der Waals surface area contributed by atoms with Gasteiger partial charge in [0.05, 0.1) is 6.61 Å². The van der Waals surface area contributed by atoms with Gasteiger partial charge in [0.15, 0.2) is 0 Å². The van der Waals surface area contributed by atoms with Crippen LogP contribution in [0.4, 0.5) is 0 Å². The smallest absolute Gasteiger partial charge is 0.348 e. The number of phenolic OH excluding ortho intramolecular Hbond substituents is 1. The fourth-order valence-electron chi connectivity index (χ4n) is 2.78. The lowest BCUT2D eigenvalue weighted by Gasteiger charge is -2.09. The molecule has 0 radical (unpaired) electrons. The Morgan fingerprint density at radius 1 is 1.08 bits per heavy atom. The first-order valence-electron chi connectivity index (χ1n) is 7.59. The van der Waals surface area contributed by atoms with Crippen molar-refractivity contribution in [1.82, 2.24) is 0 Å². The summed E-state index contributed by atoms with van der Waals surface area (Å²) in [7, 11) is 0. The molecule has 0 saturated carbocycles. The lowest BCUT2D eigenvalue weighted by molar-refractivity contribution is 0.0532. The molecule has 4 nitrogen and oxygen atoms in total. The van der Waals surface area contributed by atoms with Crippen LogP contribution in [0.25, 0.3) is 21.6 Å². The molecule has 1 aromatic heterocycles. The van der Waals surface area contributed by atoms with Crippen LogP contribution < -0.4 is 4.74 Å². The normalized spacial score (nSPS) is 11.5. The number of phenols is 1. The monoisotopic (exact) mass is 338 g/mol. The number of hydrogen-bond acceptors (Lipinski definition) is 5. The van der Waals surface area contributed by atoms with E-state index in [4.69, 9.17) is 9.47 Å². The molecule has 0 saturated heterocycles. The molecule has 3 aromatic rings. The van der Waals surface area contributed by atoms with Gasteiger partial charge in [0.2, 0.25) is 0 Å². The van der Waals surface area contributed by atoms with Gasteiger partial charge in [-0.05, 0) is 37.3 Å². The highest BCUT2D eigenvalue weighted by Gasteiger charge is 2.25. The molecule has 24 heavy (non-hydrogen) atoms. The van der Waals surface area contributed by atoms with Crippen LogP contribution >= 0.6 is 11.3 Å². The third-order valence-electron chi connectivity index (χ3n) is 3.81. The summed E-state index contributed by atoms with van der Waals surface area (Å²) in [4.78, 5) is 13.6. The van der Waals surface area contributed by atoms with E-state index in [1.165, 1.54) is 11.3 Å². The highest BCUT2D eigenvalue weighted by molar-refractivity contribution is 7.18. The average Bonchev–Trinajstić information content (AvgIpc) is 2.97. The Bertz CT molecular complexity index is 942. The minimum absolute atomic E-state index is 0.153. The molecule has 0 spiro atoms. The largest absolute Gasteiger partial charge is 0.508 e. The summed E-state index contributed by atoms with van der Waals surface area (Å²) in [5.74, 6) is 1.18. The van der Waals surface area contributed by atoms with Crippen molar-refractivity contribution < 1.29 is 19.4 Å². The van der Waals surface area contributed by atoms with Crippen LogP contribution in [0.3, 0.4) is 0 Å². The van der Waals surface area contributed by atoms with E-state index >= 15 is 0 Å². The van der Waals surface area contributed by atoms with Crippen molar-refractivity contribution in [2.45, 2.75) is 6.92 Å². The van der Waals surface area contributed by atoms with E-state index in [0.717, 1.165) is 27.3 Å². The Balaban J connectivity index is 1.99. The van der Waals surface area contributed by atoms with E-state index in [9.17, 15) is 9.90 Å². The van der Waals surface area contributed by atoms with E-state index < -0.39 is 0 Å². The molecule has 1 aliphatic rings. The lowest BCUT2D eigenvalue weighted by atomic mass is 10.0. The molecule has 2 heterocycles. The van der Waals surface area contributed by atoms with Gasteiger partial charge >= 0.3 is 5.97 Å². The second kappa shape index (κ2) is 5.69. The van der Waals surface area contributed by atoms with Gasteiger partial charge in [0, 0.05) is 21.6 Å². The zero-order valence-electron chi connectivity index (χ0n) is 12.9. The molecule has 0 bridgehead atoms. The van der Waals surface area contributed by atoms with Crippen molar-refractivity contribution in [2.75, 3.05) is 6.61 Å². The predicted octanol–water partition coefficient (Wildman–Crippen LogP) is 5.07. The number of para-hydroxylation sites is 1. The van der Waals surface area contributed by atoms with Gasteiger partial charge in [0.1, 0.15) is 22.1 Å². The maximum absolute atomic E-state index is 12.1. The number of hydrogen-bond donors (Lipinski definition) is 1. The van der Waals surface area contributed by atoms with E-state index in [1.807, 2.05) is 30.3 Å². The number of thiophene rings is 1. The number of esters is 1. The van der Waals surface area contributed by atoms with Gasteiger partial charge in [-0.2, -0.15) is 0 Å². The molecular formula is C19H14O4S. The third kappa shape index (κ3) is 2.34. The molecule has 5 heteroatoms. The van der Waals surface area contributed by atoms with Crippen molar-refractivity contribution >= 4 is 17.3 Å². The highest BCUT2D eigenvalue weighted by Crippen LogP contribution is 2.50. The number of aromatic hydroxyl groups is 1.